The SMILES string of the molecule is CCc1cc(C(=O)Nc2ccc(C(=O)O)c(F)c2)n(C)n1. The number of hydrogen-bond donors (Lipinski definition) is 2. The highest BCUT2D eigenvalue weighted by Gasteiger charge is 2.15. The lowest BCUT2D eigenvalue weighted by atomic mass is 10.2. The Morgan fingerprint density at radius 2 is 2.10 bits per heavy atom. The molecule has 0 bridgehead atoms. The lowest BCUT2D eigenvalue weighted by Gasteiger charge is -2.06. The Morgan fingerprint density at radius 3 is 2.62 bits per heavy atom. The maximum atomic E-state index is 13.5. The first-order valence-electron chi connectivity index (χ1n) is 6.29. The molecule has 0 aliphatic heterocycles. The Labute approximate surface area is 120 Å². The summed E-state index contributed by atoms with van der Waals surface area (Å²) in [4.78, 5) is 22.8. The molecule has 0 saturated heterocycles. The maximum absolute atomic E-state index is 13.5. The van der Waals surface area contributed by atoms with Crippen LogP contribution in [0, 0.1) is 5.82 Å². The molecule has 110 valence electrons. The number of benzene rings is 1. The number of hydrogen-bond acceptors (Lipinski definition) is 3. The molecule has 0 radical (unpaired) electrons. The second-order valence-corrected chi connectivity index (χ2v) is 4.45. The molecule has 0 fully saturated rings. The fourth-order valence-electron chi connectivity index (χ4n) is 1.87. The average Bonchev–Trinajstić information content (AvgIpc) is 2.79. The van der Waals surface area contributed by atoms with Crippen LogP contribution in [-0.2, 0) is 13.5 Å². The number of nitrogens with one attached hydrogen (secondary N) is 1. The van der Waals surface area contributed by atoms with Crippen LogP contribution in [0.25, 0.3) is 0 Å². The summed E-state index contributed by atoms with van der Waals surface area (Å²) in [6.45, 7) is 1.92. The fourth-order valence-corrected chi connectivity index (χ4v) is 1.87. The molecule has 21 heavy (non-hydrogen) atoms. The summed E-state index contributed by atoms with van der Waals surface area (Å²) in [5.41, 5.74) is 0.855. The van der Waals surface area contributed by atoms with Crippen molar-refractivity contribution in [2.75, 3.05) is 5.32 Å². The van der Waals surface area contributed by atoms with Gasteiger partial charge in [0.25, 0.3) is 5.91 Å². The first-order chi connectivity index (χ1) is 9.92. The van der Waals surface area contributed by atoms with E-state index in [1.807, 2.05) is 6.92 Å². The number of rotatable bonds is 4. The van der Waals surface area contributed by atoms with Crippen LogP contribution in [0.5, 0.6) is 0 Å². The van der Waals surface area contributed by atoms with E-state index in [4.69, 9.17) is 5.11 Å². The van der Waals surface area contributed by atoms with Crippen molar-refractivity contribution in [3.05, 3.63) is 47.0 Å². The Bertz CT molecular complexity index is 709. The van der Waals surface area contributed by atoms with E-state index in [2.05, 4.69) is 10.4 Å². The van der Waals surface area contributed by atoms with E-state index in [1.54, 1.807) is 13.1 Å². The number of aromatic nitrogens is 2. The molecule has 0 saturated carbocycles. The molecule has 0 aliphatic rings. The van der Waals surface area contributed by atoms with Gasteiger partial charge < -0.3 is 10.4 Å². The molecule has 6 nitrogen and oxygen atoms in total. The Kier molecular flexibility index (Phi) is 4.02. The van der Waals surface area contributed by atoms with Gasteiger partial charge in [0, 0.05) is 12.7 Å². The minimum absolute atomic E-state index is 0.182. The first kappa shape index (κ1) is 14.7. The highest BCUT2D eigenvalue weighted by molar-refractivity contribution is 6.03. The van der Waals surface area contributed by atoms with Crippen molar-refractivity contribution in [2.45, 2.75) is 13.3 Å². The van der Waals surface area contributed by atoms with Crippen LogP contribution >= 0.6 is 0 Å². The van der Waals surface area contributed by atoms with Crippen molar-refractivity contribution in [2.24, 2.45) is 7.05 Å². The van der Waals surface area contributed by atoms with E-state index >= 15 is 0 Å². The van der Waals surface area contributed by atoms with Gasteiger partial charge in [-0.05, 0) is 30.7 Å². The quantitative estimate of drug-likeness (QED) is 0.903. The van der Waals surface area contributed by atoms with Crippen molar-refractivity contribution in [1.82, 2.24) is 9.78 Å². The van der Waals surface area contributed by atoms with Gasteiger partial charge in [0.15, 0.2) is 0 Å². The van der Waals surface area contributed by atoms with Crippen LogP contribution in [0.15, 0.2) is 24.3 Å². The van der Waals surface area contributed by atoms with E-state index in [0.29, 0.717) is 12.1 Å². The van der Waals surface area contributed by atoms with Gasteiger partial charge in [-0.1, -0.05) is 6.92 Å². The van der Waals surface area contributed by atoms with Crippen molar-refractivity contribution in [3.63, 3.8) is 0 Å². The molecule has 2 aromatic rings. The molecular weight excluding hydrogens is 277 g/mol. The molecule has 1 aromatic carbocycles. The third-order valence-corrected chi connectivity index (χ3v) is 2.98. The summed E-state index contributed by atoms with van der Waals surface area (Å²) in [7, 11) is 1.64. The average molecular weight is 291 g/mol. The molecular formula is C14H14FN3O3. The number of anilines is 1. The third-order valence-electron chi connectivity index (χ3n) is 2.98. The van der Waals surface area contributed by atoms with Gasteiger partial charge in [-0.15, -0.1) is 0 Å². The Balaban J connectivity index is 2.21. The lowest BCUT2D eigenvalue weighted by Crippen LogP contribution is -2.16. The molecule has 7 heteroatoms. The number of carbonyl (C=O) groups is 2. The van der Waals surface area contributed by atoms with Crippen LogP contribution < -0.4 is 5.32 Å². The number of carbonyl (C=O) groups excluding carboxylic acids is 1. The van der Waals surface area contributed by atoms with Crippen LogP contribution in [0.3, 0.4) is 0 Å². The first-order valence-corrected chi connectivity index (χ1v) is 6.29. The lowest BCUT2D eigenvalue weighted by molar-refractivity contribution is 0.0692. The molecule has 1 heterocycles. The molecule has 0 aliphatic carbocycles. The zero-order valence-electron chi connectivity index (χ0n) is 11.6. The maximum Gasteiger partial charge on any atom is 0.338 e. The topological polar surface area (TPSA) is 84.2 Å². The summed E-state index contributed by atoms with van der Waals surface area (Å²) in [5.74, 6) is -2.70. The van der Waals surface area contributed by atoms with Crippen molar-refractivity contribution < 1.29 is 19.1 Å². The van der Waals surface area contributed by atoms with Gasteiger partial charge >= 0.3 is 5.97 Å². The predicted octanol–water partition coefficient (Wildman–Crippen LogP) is 2.07. The Morgan fingerprint density at radius 1 is 1.38 bits per heavy atom. The smallest absolute Gasteiger partial charge is 0.338 e. The predicted molar refractivity (Wildman–Crippen MR) is 73.9 cm³/mol. The molecule has 2 N–H and O–H groups in total. The number of nitrogens with zero attached hydrogens (tertiary/aromatic N) is 2. The van der Waals surface area contributed by atoms with E-state index in [0.717, 1.165) is 17.8 Å². The molecule has 1 aromatic heterocycles. The molecule has 2 rings (SSSR count). The number of halogens is 1. The third kappa shape index (κ3) is 3.07. The zero-order chi connectivity index (χ0) is 15.6. The molecule has 1 amide bonds. The highest BCUT2D eigenvalue weighted by atomic mass is 19.1. The summed E-state index contributed by atoms with van der Waals surface area (Å²) < 4.78 is 15.0. The van der Waals surface area contributed by atoms with Gasteiger partial charge in [-0.2, -0.15) is 5.10 Å². The van der Waals surface area contributed by atoms with E-state index in [1.165, 1.54) is 10.7 Å². The van der Waals surface area contributed by atoms with E-state index < -0.39 is 23.3 Å². The molecule has 0 atom stereocenters. The van der Waals surface area contributed by atoms with Gasteiger partial charge in [-0.3, -0.25) is 9.48 Å². The van der Waals surface area contributed by atoms with E-state index in [-0.39, 0.29) is 5.69 Å². The monoisotopic (exact) mass is 291 g/mol. The summed E-state index contributed by atoms with van der Waals surface area (Å²) in [6, 6.07) is 5.06. The standard InChI is InChI=1S/C14H14FN3O3/c1-3-8-7-12(18(2)17-8)13(19)16-9-4-5-10(14(20)21)11(15)6-9/h4-7H,3H2,1-2H3,(H,16,19)(H,20,21). The van der Waals surface area contributed by atoms with Gasteiger partial charge in [0.05, 0.1) is 11.3 Å². The fraction of sp³-hybridized carbons (Fsp3) is 0.214. The highest BCUT2D eigenvalue weighted by Crippen LogP contribution is 2.16. The van der Waals surface area contributed by atoms with Crippen molar-refractivity contribution >= 4 is 17.6 Å². The van der Waals surface area contributed by atoms with Gasteiger partial charge in [0.1, 0.15) is 11.5 Å². The summed E-state index contributed by atoms with van der Waals surface area (Å²) >= 11 is 0. The number of amides is 1. The normalized spacial score (nSPS) is 10.4. The molecule has 0 unspecified atom stereocenters. The number of carboxylic acids is 1. The van der Waals surface area contributed by atoms with Crippen molar-refractivity contribution in [3.8, 4) is 0 Å². The Hall–Kier alpha value is -2.70. The number of aryl methyl sites for hydroxylation is 2. The second kappa shape index (κ2) is 5.74. The van der Waals surface area contributed by atoms with Crippen LogP contribution in [-0.4, -0.2) is 26.8 Å². The molecule has 0 spiro atoms. The largest absolute Gasteiger partial charge is 0.478 e. The van der Waals surface area contributed by atoms with Crippen LogP contribution in [0.1, 0.15) is 33.5 Å². The van der Waals surface area contributed by atoms with Crippen molar-refractivity contribution in [1.29, 1.82) is 0 Å². The summed E-state index contributed by atoms with van der Waals surface area (Å²) in [5, 5.41) is 15.4. The number of aromatic carboxylic acids is 1. The zero-order valence-corrected chi connectivity index (χ0v) is 11.6. The van der Waals surface area contributed by atoms with Crippen LogP contribution in [0.2, 0.25) is 0 Å². The minimum atomic E-state index is -1.36. The number of carboxylic acid groups (broad SMARTS) is 1. The second-order valence-electron chi connectivity index (χ2n) is 4.45. The van der Waals surface area contributed by atoms with Crippen LogP contribution in [0.4, 0.5) is 10.1 Å². The van der Waals surface area contributed by atoms with E-state index in [9.17, 15) is 14.0 Å². The van der Waals surface area contributed by atoms with Gasteiger partial charge in [-0.25, -0.2) is 9.18 Å². The minimum Gasteiger partial charge on any atom is -0.478 e. The summed E-state index contributed by atoms with van der Waals surface area (Å²) in [6.07, 6.45) is 0.697. The van der Waals surface area contributed by atoms with Gasteiger partial charge in [0.2, 0.25) is 0 Å².